The number of nitrogens with zero attached hydrogens (tertiary/aromatic N) is 1. The third-order valence-electron chi connectivity index (χ3n) is 5.57. The van der Waals surface area contributed by atoms with E-state index in [9.17, 15) is 0 Å². The van der Waals surface area contributed by atoms with Crippen LogP contribution in [-0.4, -0.2) is 0 Å². The number of anilines is 2. The minimum absolute atomic E-state index is 0.141. The summed E-state index contributed by atoms with van der Waals surface area (Å²) in [5.74, 6) is 0. The molecule has 0 unspecified atom stereocenters. The maximum absolute atomic E-state index is 2.33. The molecule has 0 aliphatic heterocycles. The summed E-state index contributed by atoms with van der Waals surface area (Å²) in [5, 5.41) is 0. The number of hydrogen-bond acceptors (Lipinski definition) is 1. The fourth-order valence-electron chi connectivity index (χ4n) is 3.09. The highest BCUT2D eigenvalue weighted by atomic mass is 15.1. The molecule has 2 rings (SSSR count). The van der Waals surface area contributed by atoms with Gasteiger partial charge in [0.15, 0.2) is 0 Å². The lowest BCUT2D eigenvalue weighted by molar-refractivity contribution is 0.504. The Hall–Kier alpha value is -2.54. The Morgan fingerprint density at radius 3 is 1.70 bits per heavy atom. The van der Waals surface area contributed by atoms with Gasteiger partial charge in [0.2, 0.25) is 0 Å². The summed E-state index contributed by atoms with van der Waals surface area (Å²) >= 11 is 0. The largest absolute Gasteiger partial charge is 0.311 e. The van der Waals surface area contributed by atoms with E-state index < -0.39 is 0 Å². The highest BCUT2D eigenvalue weighted by Gasteiger charge is 2.17. The van der Waals surface area contributed by atoms with Crippen molar-refractivity contribution in [2.45, 2.75) is 67.7 Å². The van der Waals surface area contributed by atoms with Gasteiger partial charge in [-0.05, 0) is 73.6 Å². The normalized spacial score (nSPS) is 13.8. The second-order valence-corrected chi connectivity index (χ2v) is 10.2. The van der Waals surface area contributed by atoms with E-state index in [0.29, 0.717) is 0 Å². The molecule has 0 amide bonds. The van der Waals surface area contributed by atoms with Gasteiger partial charge in [-0.2, -0.15) is 0 Å². The van der Waals surface area contributed by atoms with Crippen LogP contribution in [0.25, 0.3) is 0 Å². The van der Waals surface area contributed by atoms with Crippen molar-refractivity contribution in [2.24, 2.45) is 5.41 Å². The molecule has 0 aromatic heterocycles. The smallest absolute Gasteiger partial charge is 0.0461 e. The predicted molar refractivity (Wildman–Crippen MR) is 135 cm³/mol. The molecule has 0 heterocycles. The molecule has 1 nitrogen and oxygen atoms in total. The van der Waals surface area contributed by atoms with Gasteiger partial charge in [0.25, 0.3) is 0 Å². The zero-order valence-electron chi connectivity index (χ0n) is 20.4. The molecule has 0 radical (unpaired) electrons. The average molecular weight is 402 g/mol. The zero-order chi connectivity index (χ0) is 22.5. The molecule has 2 aromatic rings. The van der Waals surface area contributed by atoms with E-state index in [1.54, 1.807) is 0 Å². The van der Waals surface area contributed by atoms with Crippen molar-refractivity contribution in [1.29, 1.82) is 0 Å². The van der Waals surface area contributed by atoms with Crippen molar-refractivity contribution in [3.05, 3.63) is 95.2 Å². The summed E-state index contributed by atoms with van der Waals surface area (Å²) in [6.45, 7) is 19.9. The summed E-state index contributed by atoms with van der Waals surface area (Å²) < 4.78 is 0. The number of hydrogen-bond donors (Lipinski definition) is 0. The van der Waals surface area contributed by atoms with Crippen LogP contribution in [0.3, 0.4) is 0 Å². The molecule has 0 aliphatic rings. The van der Waals surface area contributed by atoms with Crippen molar-refractivity contribution < 1.29 is 0 Å². The second-order valence-electron chi connectivity index (χ2n) is 10.2. The summed E-state index contributed by atoms with van der Waals surface area (Å²) in [5.41, 5.74) is 7.73. The Balaban J connectivity index is 2.63. The van der Waals surface area contributed by atoms with Gasteiger partial charge < -0.3 is 4.90 Å². The molecule has 0 atom stereocenters. The van der Waals surface area contributed by atoms with Crippen molar-refractivity contribution in [3.63, 3.8) is 0 Å². The molecule has 0 saturated carbocycles. The molecular weight excluding hydrogens is 362 g/mol. The van der Waals surface area contributed by atoms with Gasteiger partial charge in [-0.15, -0.1) is 0 Å². The average Bonchev–Trinajstić information content (AvgIpc) is 2.66. The van der Waals surface area contributed by atoms with Crippen LogP contribution in [0.2, 0.25) is 0 Å². The van der Waals surface area contributed by atoms with Crippen molar-refractivity contribution in [3.8, 4) is 0 Å². The minimum atomic E-state index is 0.141. The van der Waals surface area contributed by atoms with Gasteiger partial charge >= 0.3 is 0 Å². The quantitative estimate of drug-likeness (QED) is 0.452. The standard InChI is InChI=1S/C29H39N/c1-10-11-25(19-14-23(3)28(4,5)6)30(26-17-12-22(2)13-18-26)27-20-15-24(16-21-27)29(7,8)9/h10-21H,1-9H3/b11-10-,23-14+,25-19+. The number of rotatable bonds is 5. The van der Waals surface area contributed by atoms with Gasteiger partial charge in [0.1, 0.15) is 0 Å². The first kappa shape index (κ1) is 23.7. The second kappa shape index (κ2) is 9.51. The van der Waals surface area contributed by atoms with E-state index in [0.717, 1.165) is 17.1 Å². The van der Waals surface area contributed by atoms with Crippen LogP contribution < -0.4 is 4.90 Å². The number of aryl methyl sites for hydroxylation is 1. The van der Waals surface area contributed by atoms with Crippen molar-refractivity contribution >= 4 is 11.4 Å². The fourth-order valence-corrected chi connectivity index (χ4v) is 3.09. The zero-order valence-corrected chi connectivity index (χ0v) is 20.4. The molecular formula is C29H39N. The van der Waals surface area contributed by atoms with E-state index in [2.05, 4.69) is 140 Å². The number of allylic oxidation sites excluding steroid dienone is 5. The molecule has 0 saturated heterocycles. The van der Waals surface area contributed by atoms with E-state index in [-0.39, 0.29) is 10.8 Å². The Kier molecular flexibility index (Phi) is 7.53. The molecule has 0 bridgehead atoms. The Morgan fingerprint density at radius 2 is 1.27 bits per heavy atom. The van der Waals surface area contributed by atoms with E-state index in [1.165, 1.54) is 16.7 Å². The van der Waals surface area contributed by atoms with Crippen LogP contribution in [0, 0.1) is 12.3 Å². The molecule has 30 heavy (non-hydrogen) atoms. The summed E-state index contributed by atoms with van der Waals surface area (Å²) in [7, 11) is 0. The fraction of sp³-hybridized carbons (Fsp3) is 0.379. The molecule has 160 valence electrons. The maximum Gasteiger partial charge on any atom is 0.0461 e. The SMILES string of the molecule is C\C=C/C(=C\C=C(/C)C(C)(C)C)N(c1ccc(C)cc1)c1ccc(C(C)(C)C)cc1. The first-order valence-electron chi connectivity index (χ1n) is 10.9. The van der Waals surface area contributed by atoms with E-state index >= 15 is 0 Å². The lowest BCUT2D eigenvalue weighted by Gasteiger charge is -2.28. The minimum Gasteiger partial charge on any atom is -0.311 e. The molecule has 0 N–H and O–H groups in total. The van der Waals surface area contributed by atoms with Crippen molar-refractivity contribution in [1.82, 2.24) is 0 Å². The van der Waals surface area contributed by atoms with Gasteiger partial charge in [0, 0.05) is 17.1 Å². The Labute approximate surface area is 184 Å². The summed E-state index contributed by atoms with van der Waals surface area (Å²) in [4.78, 5) is 2.33. The van der Waals surface area contributed by atoms with Crippen LogP contribution in [-0.2, 0) is 5.41 Å². The third kappa shape index (κ3) is 6.23. The molecule has 1 heteroatoms. The first-order valence-corrected chi connectivity index (χ1v) is 10.9. The summed E-state index contributed by atoms with van der Waals surface area (Å²) in [6, 6.07) is 17.7. The highest BCUT2D eigenvalue weighted by molar-refractivity contribution is 5.71. The van der Waals surface area contributed by atoms with Gasteiger partial charge in [-0.1, -0.05) is 89.1 Å². The molecule has 0 spiro atoms. The van der Waals surface area contributed by atoms with Gasteiger partial charge in [0.05, 0.1) is 0 Å². The molecule has 0 aliphatic carbocycles. The highest BCUT2D eigenvalue weighted by Crippen LogP contribution is 2.33. The van der Waals surface area contributed by atoms with Crippen LogP contribution >= 0.6 is 0 Å². The predicted octanol–water partition coefficient (Wildman–Crippen LogP) is 8.88. The number of benzene rings is 2. The summed E-state index contributed by atoms with van der Waals surface area (Å²) in [6.07, 6.45) is 8.78. The van der Waals surface area contributed by atoms with Crippen LogP contribution in [0.5, 0.6) is 0 Å². The van der Waals surface area contributed by atoms with Crippen LogP contribution in [0.15, 0.2) is 84.1 Å². The lowest BCUT2D eigenvalue weighted by atomic mass is 9.87. The van der Waals surface area contributed by atoms with E-state index in [4.69, 9.17) is 0 Å². The lowest BCUT2D eigenvalue weighted by Crippen LogP contribution is -2.16. The molecule has 2 aromatic carbocycles. The van der Waals surface area contributed by atoms with Crippen molar-refractivity contribution in [2.75, 3.05) is 4.90 Å². The van der Waals surface area contributed by atoms with Gasteiger partial charge in [-0.3, -0.25) is 0 Å². The van der Waals surface area contributed by atoms with E-state index in [1.807, 2.05) is 0 Å². The Bertz CT molecular complexity index is 908. The Morgan fingerprint density at radius 1 is 0.767 bits per heavy atom. The van der Waals surface area contributed by atoms with Gasteiger partial charge in [-0.25, -0.2) is 0 Å². The topological polar surface area (TPSA) is 3.24 Å². The monoisotopic (exact) mass is 401 g/mol. The third-order valence-corrected chi connectivity index (χ3v) is 5.57. The maximum atomic E-state index is 2.33. The molecule has 0 fully saturated rings. The first-order chi connectivity index (χ1) is 13.9. The van der Waals surface area contributed by atoms with Crippen LogP contribution in [0.1, 0.15) is 66.5 Å². The van der Waals surface area contributed by atoms with Crippen LogP contribution in [0.4, 0.5) is 11.4 Å².